The minimum Gasteiger partial charge on any atom is -0.493 e. The van der Waals surface area contributed by atoms with E-state index in [1.807, 2.05) is 14.0 Å². The highest BCUT2D eigenvalue weighted by molar-refractivity contribution is 9.10. The van der Waals surface area contributed by atoms with Gasteiger partial charge in [0.1, 0.15) is 5.75 Å². The zero-order chi connectivity index (χ0) is 14.3. The van der Waals surface area contributed by atoms with Gasteiger partial charge in [-0.1, -0.05) is 19.9 Å². The molecule has 0 aliphatic rings. The molecule has 0 aromatic heterocycles. The molecule has 0 aliphatic heterocycles. The molecule has 0 saturated carbocycles. The first-order valence-electron chi connectivity index (χ1n) is 7.04. The Morgan fingerprint density at radius 1 is 1.26 bits per heavy atom. The van der Waals surface area contributed by atoms with E-state index < -0.39 is 0 Å². The van der Waals surface area contributed by atoms with E-state index in [9.17, 15) is 0 Å². The second-order valence-electron chi connectivity index (χ2n) is 5.72. The highest BCUT2D eigenvalue weighted by Crippen LogP contribution is 2.30. The van der Waals surface area contributed by atoms with Crippen LogP contribution >= 0.6 is 15.9 Å². The highest BCUT2D eigenvalue weighted by atomic mass is 79.9. The normalized spacial score (nSPS) is 11.6. The van der Waals surface area contributed by atoms with E-state index in [1.165, 1.54) is 18.4 Å². The molecule has 1 rings (SSSR count). The number of aryl methyl sites for hydroxylation is 1. The van der Waals surface area contributed by atoms with Crippen molar-refractivity contribution in [1.29, 1.82) is 0 Å². The quantitative estimate of drug-likeness (QED) is 0.763. The first-order chi connectivity index (χ1) is 8.98. The average molecular weight is 328 g/mol. The van der Waals surface area contributed by atoms with Crippen molar-refractivity contribution in [2.24, 2.45) is 5.41 Å². The SMILES string of the molecule is CCOc1ccc(CCC(C)(C)CCNC)cc1Br. The van der Waals surface area contributed by atoms with Gasteiger partial charge in [-0.3, -0.25) is 0 Å². The summed E-state index contributed by atoms with van der Waals surface area (Å²) in [4.78, 5) is 0. The summed E-state index contributed by atoms with van der Waals surface area (Å²) in [6, 6.07) is 6.41. The Labute approximate surface area is 126 Å². The molecule has 0 amide bonds. The summed E-state index contributed by atoms with van der Waals surface area (Å²) < 4.78 is 6.59. The molecule has 0 fully saturated rings. The molecular weight excluding hydrogens is 302 g/mol. The summed E-state index contributed by atoms with van der Waals surface area (Å²) in [7, 11) is 2.01. The summed E-state index contributed by atoms with van der Waals surface area (Å²) in [5, 5.41) is 3.23. The molecule has 0 atom stereocenters. The predicted octanol–water partition coefficient (Wildman–Crippen LogP) is 4.42. The van der Waals surface area contributed by atoms with Crippen LogP contribution in [0.1, 0.15) is 39.2 Å². The smallest absolute Gasteiger partial charge is 0.133 e. The zero-order valence-corrected chi connectivity index (χ0v) is 14.1. The molecule has 0 spiro atoms. The van der Waals surface area contributed by atoms with Crippen molar-refractivity contribution in [1.82, 2.24) is 5.32 Å². The van der Waals surface area contributed by atoms with Gasteiger partial charge < -0.3 is 10.1 Å². The molecule has 1 aromatic carbocycles. The fraction of sp³-hybridized carbons (Fsp3) is 0.625. The summed E-state index contributed by atoms with van der Waals surface area (Å²) in [5.74, 6) is 0.931. The van der Waals surface area contributed by atoms with Crippen molar-refractivity contribution in [2.75, 3.05) is 20.2 Å². The van der Waals surface area contributed by atoms with E-state index in [4.69, 9.17) is 4.74 Å². The Kier molecular flexibility index (Phi) is 6.87. The number of rotatable bonds is 8. The molecule has 0 bridgehead atoms. The fourth-order valence-corrected chi connectivity index (χ4v) is 2.58. The molecule has 0 radical (unpaired) electrons. The van der Waals surface area contributed by atoms with Crippen LogP contribution in [0.3, 0.4) is 0 Å². The van der Waals surface area contributed by atoms with Gasteiger partial charge in [0.05, 0.1) is 11.1 Å². The monoisotopic (exact) mass is 327 g/mol. The number of nitrogens with one attached hydrogen (secondary N) is 1. The molecule has 0 saturated heterocycles. The highest BCUT2D eigenvalue weighted by Gasteiger charge is 2.17. The van der Waals surface area contributed by atoms with Crippen molar-refractivity contribution < 1.29 is 4.74 Å². The molecular formula is C16H26BrNO. The van der Waals surface area contributed by atoms with Gasteiger partial charge in [0.2, 0.25) is 0 Å². The Hall–Kier alpha value is -0.540. The van der Waals surface area contributed by atoms with Crippen molar-refractivity contribution in [3.63, 3.8) is 0 Å². The number of benzene rings is 1. The van der Waals surface area contributed by atoms with Crippen LogP contribution in [-0.4, -0.2) is 20.2 Å². The molecule has 1 aromatic rings. The third-order valence-electron chi connectivity index (χ3n) is 3.44. The van der Waals surface area contributed by atoms with E-state index >= 15 is 0 Å². The minimum absolute atomic E-state index is 0.383. The maximum absolute atomic E-state index is 5.54. The van der Waals surface area contributed by atoms with Crippen LogP contribution in [0.4, 0.5) is 0 Å². The standard InChI is InChI=1S/C16H26BrNO/c1-5-19-15-7-6-13(12-14(15)17)8-9-16(2,3)10-11-18-4/h6-7,12,18H,5,8-11H2,1-4H3. The fourth-order valence-electron chi connectivity index (χ4n) is 2.04. The van der Waals surface area contributed by atoms with Gasteiger partial charge in [0.25, 0.3) is 0 Å². The molecule has 0 unspecified atom stereocenters. The summed E-state index contributed by atoms with van der Waals surface area (Å²) in [6.07, 6.45) is 3.53. The molecule has 0 aliphatic carbocycles. The maximum atomic E-state index is 5.54. The topological polar surface area (TPSA) is 21.3 Å². The van der Waals surface area contributed by atoms with Gasteiger partial charge in [-0.25, -0.2) is 0 Å². The first-order valence-corrected chi connectivity index (χ1v) is 7.83. The Morgan fingerprint density at radius 3 is 2.58 bits per heavy atom. The van der Waals surface area contributed by atoms with Crippen LogP contribution < -0.4 is 10.1 Å². The van der Waals surface area contributed by atoms with Gasteiger partial charge in [0.15, 0.2) is 0 Å². The van der Waals surface area contributed by atoms with Crippen LogP contribution in [0, 0.1) is 5.41 Å². The molecule has 1 N–H and O–H groups in total. The van der Waals surface area contributed by atoms with E-state index in [2.05, 4.69) is 53.3 Å². The van der Waals surface area contributed by atoms with E-state index in [0.717, 1.165) is 23.2 Å². The number of hydrogen-bond donors (Lipinski definition) is 1. The lowest BCUT2D eigenvalue weighted by atomic mass is 9.83. The number of ether oxygens (including phenoxy) is 1. The largest absolute Gasteiger partial charge is 0.493 e. The molecule has 2 nitrogen and oxygen atoms in total. The second kappa shape index (κ2) is 7.91. The predicted molar refractivity (Wildman–Crippen MR) is 86.0 cm³/mol. The molecule has 0 heterocycles. The van der Waals surface area contributed by atoms with Crippen molar-refractivity contribution in [3.8, 4) is 5.75 Å². The Bertz CT molecular complexity index is 390. The lowest BCUT2D eigenvalue weighted by molar-refractivity contribution is 0.305. The van der Waals surface area contributed by atoms with E-state index in [0.29, 0.717) is 12.0 Å². The van der Waals surface area contributed by atoms with Gasteiger partial charge in [-0.15, -0.1) is 0 Å². The van der Waals surface area contributed by atoms with E-state index in [-0.39, 0.29) is 0 Å². The van der Waals surface area contributed by atoms with Crippen LogP contribution in [0.15, 0.2) is 22.7 Å². The summed E-state index contributed by atoms with van der Waals surface area (Å²) in [5.41, 5.74) is 1.75. The lowest BCUT2D eigenvalue weighted by Crippen LogP contribution is -2.20. The molecule has 3 heteroatoms. The van der Waals surface area contributed by atoms with Crippen molar-refractivity contribution >= 4 is 15.9 Å². The van der Waals surface area contributed by atoms with Gasteiger partial charge in [-0.05, 0) is 78.8 Å². The van der Waals surface area contributed by atoms with E-state index in [1.54, 1.807) is 0 Å². The van der Waals surface area contributed by atoms with Crippen LogP contribution in [-0.2, 0) is 6.42 Å². The average Bonchev–Trinajstić information content (AvgIpc) is 2.37. The Morgan fingerprint density at radius 2 is 2.00 bits per heavy atom. The number of halogens is 1. The summed E-state index contributed by atoms with van der Waals surface area (Å²) in [6.45, 7) is 8.47. The zero-order valence-electron chi connectivity index (χ0n) is 12.6. The molecule has 108 valence electrons. The maximum Gasteiger partial charge on any atom is 0.133 e. The third kappa shape index (κ3) is 5.96. The van der Waals surface area contributed by atoms with Gasteiger partial charge in [0, 0.05) is 0 Å². The number of hydrogen-bond acceptors (Lipinski definition) is 2. The van der Waals surface area contributed by atoms with Gasteiger partial charge in [-0.2, -0.15) is 0 Å². The van der Waals surface area contributed by atoms with Crippen molar-refractivity contribution in [2.45, 2.75) is 40.0 Å². The molecule has 19 heavy (non-hydrogen) atoms. The Balaban J connectivity index is 2.56. The third-order valence-corrected chi connectivity index (χ3v) is 4.06. The lowest BCUT2D eigenvalue weighted by Gasteiger charge is -2.24. The second-order valence-corrected chi connectivity index (χ2v) is 6.57. The van der Waals surface area contributed by atoms with Gasteiger partial charge >= 0.3 is 0 Å². The van der Waals surface area contributed by atoms with Crippen molar-refractivity contribution in [3.05, 3.63) is 28.2 Å². The van der Waals surface area contributed by atoms with Crippen LogP contribution in [0.25, 0.3) is 0 Å². The van der Waals surface area contributed by atoms with Crippen LogP contribution in [0.2, 0.25) is 0 Å². The van der Waals surface area contributed by atoms with Crippen LogP contribution in [0.5, 0.6) is 5.75 Å². The minimum atomic E-state index is 0.383. The summed E-state index contributed by atoms with van der Waals surface area (Å²) >= 11 is 3.58. The first kappa shape index (κ1) is 16.5.